The first kappa shape index (κ1) is 30.1. The van der Waals surface area contributed by atoms with E-state index in [9.17, 15) is 15.0 Å². The van der Waals surface area contributed by atoms with E-state index in [4.69, 9.17) is 24.9 Å². The molecule has 0 aliphatic carbocycles. The van der Waals surface area contributed by atoms with Crippen molar-refractivity contribution >= 4 is 16.9 Å². The number of hydrogen-bond acceptors (Lipinski definition) is 9. The normalized spacial score (nSPS) is 19.2. The first-order chi connectivity index (χ1) is 22.9. The summed E-state index contributed by atoms with van der Waals surface area (Å²) in [6.45, 7) is 0.609. The van der Waals surface area contributed by atoms with E-state index in [0.29, 0.717) is 23.7 Å². The number of primary amides is 1. The van der Waals surface area contributed by atoms with Gasteiger partial charge in [0.05, 0.1) is 24.7 Å². The van der Waals surface area contributed by atoms with Crippen LogP contribution in [0.25, 0.3) is 33.7 Å². The molecule has 2 aromatic heterocycles. The third-order valence-electron chi connectivity index (χ3n) is 8.25. The highest BCUT2D eigenvalue weighted by Gasteiger charge is 2.46. The molecule has 1 saturated heterocycles. The molecule has 6 aromatic rings. The van der Waals surface area contributed by atoms with Crippen LogP contribution >= 0.6 is 0 Å². The maximum Gasteiger partial charge on any atom is 0.271 e. The summed E-state index contributed by atoms with van der Waals surface area (Å²) in [5, 5.41) is 30.6. The quantitative estimate of drug-likeness (QED) is 0.203. The molecule has 4 atom stereocenters. The molecule has 0 saturated carbocycles. The zero-order valence-electron chi connectivity index (χ0n) is 25.4. The van der Waals surface area contributed by atoms with Gasteiger partial charge in [-0.1, -0.05) is 47.7 Å². The summed E-state index contributed by atoms with van der Waals surface area (Å²) < 4.78 is 20.8. The van der Waals surface area contributed by atoms with Crippen LogP contribution in [-0.2, 0) is 17.9 Å². The van der Waals surface area contributed by atoms with Gasteiger partial charge < -0.3 is 34.7 Å². The third kappa shape index (κ3) is 5.81. The van der Waals surface area contributed by atoms with E-state index in [1.54, 1.807) is 31.4 Å². The van der Waals surface area contributed by atoms with Gasteiger partial charge in [0.15, 0.2) is 11.9 Å². The zero-order chi connectivity index (χ0) is 32.5. The number of carbonyl (C=O) groups is 1. The summed E-state index contributed by atoms with van der Waals surface area (Å²) in [4.78, 5) is 17.2. The smallest absolute Gasteiger partial charge is 0.271 e. The maximum absolute atomic E-state index is 12.3. The van der Waals surface area contributed by atoms with Gasteiger partial charge in [0.1, 0.15) is 47.9 Å². The lowest BCUT2D eigenvalue weighted by Gasteiger charge is -2.18. The molecule has 0 spiro atoms. The number of hydrogen-bond donors (Lipinski definition) is 3. The van der Waals surface area contributed by atoms with Crippen molar-refractivity contribution in [3.8, 4) is 34.1 Å². The molecule has 3 heterocycles. The number of carbonyl (C=O) groups excluding carboxylic acids is 1. The fraction of sp³-hybridized carbons (Fsp3) is 0.200. The Hall–Kier alpha value is -5.56. The molecule has 47 heavy (non-hydrogen) atoms. The fourth-order valence-corrected chi connectivity index (χ4v) is 5.84. The van der Waals surface area contributed by atoms with Gasteiger partial charge in [0.2, 0.25) is 0 Å². The fourth-order valence-electron chi connectivity index (χ4n) is 5.84. The van der Waals surface area contributed by atoms with Crippen molar-refractivity contribution in [3.63, 3.8) is 0 Å². The van der Waals surface area contributed by atoms with Crippen LogP contribution in [0.4, 0.5) is 0 Å². The molecule has 12 heteroatoms. The van der Waals surface area contributed by atoms with Crippen molar-refractivity contribution in [3.05, 3.63) is 114 Å². The molecule has 7 rings (SSSR count). The monoisotopic (exact) mass is 632 g/mol. The van der Waals surface area contributed by atoms with Crippen LogP contribution in [0, 0.1) is 0 Å². The maximum atomic E-state index is 12.3. The number of nitrogens with zero attached hydrogens (tertiary/aromatic N) is 5. The molecule has 1 aliphatic rings. The number of para-hydroxylation sites is 2. The van der Waals surface area contributed by atoms with Crippen LogP contribution < -0.4 is 15.2 Å². The van der Waals surface area contributed by atoms with E-state index in [-0.39, 0.29) is 17.9 Å². The molecule has 4 N–H and O–H groups in total. The molecular formula is C35H32N6O6. The molecule has 238 valence electrons. The highest BCUT2D eigenvalue weighted by Crippen LogP contribution is 2.36. The molecule has 1 amide bonds. The Morgan fingerprint density at radius 3 is 2.28 bits per heavy atom. The minimum Gasteiger partial charge on any atom is -0.497 e. The van der Waals surface area contributed by atoms with E-state index in [2.05, 4.69) is 10.3 Å². The van der Waals surface area contributed by atoms with Gasteiger partial charge in [-0.3, -0.25) is 4.79 Å². The number of aliphatic hydroxyl groups excluding tert-OH is 2. The number of ether oxygens (including phenoxy) is 3. The molecule has 1 fully saturated rings. The number of nitrogens with two attached hydrogens (primary N) is 1. The molecule has 4 aromatic carbocycles. The number of imidazole rings is 1. The van der Waals surface area contributed by atoms with E-state index in [0.717, 1.165) is 27.9 Å². The van der Waals surface area contributed by atoms with Crippen molar-refractivity contribution < 1.29 is 29.2 Å². The van der Waals surface area contributed by atoms with Crippen molar-refractivity contribution in [2.75, 3.05) is 7.11 Å². The lowest BCUT2D eigenvalue weighted by molar-refractivity contribution is -0.0478. The predicted octanol–water partition coefficient (Wildman–Crippen LogP) is 3.97. The van der Waals surface area contributed by atoms with Gasteiger partial charge in [-0.2, -0.15) is 0 Å². The highest BCUT2D eigenvalue weighted by atomic mass is 16.6. The second kappa shape index (κ2) is 12.7. The first-order valence-corrected chi connectivity index (χ1v) is 15.0. The van der Waals surface area contributed by atoms with Crippen LogP contribution in [-0.4, -0.2) is 66.1 Å². The Morgan fingerprint density at radius 2 is 1.55 bits per heavy atom. The number of benzene rings is 4. The van der Waals surface area contributed by atoms with Crippen LogP contribution in [0.2, 0.25) is 0 Å². The molecule has 12 nitrogen and oxygen atoms in total. The van der Waals surface area contributed by atoms with Gasteiger partial charge in [-0.15, -0.1) is 5.10 Å². The van der Waals surface area contributed by atoms with Gasteiger partial charge in [-0.05, 0) is 66.2 Å². The van der Waals surface area contributed by atoms with Crippen molar-refractivity contribution in [2.24, 2.45) is 5.73 Å². The average molecular weight is 633 g/mol. The van der Waals surface area contributed by atoms with Crippen LogP contribution in [0.5, 0.6) is 11.5 Å². The van der Waals surface area contributed by atoms with Gasteiger partial charge >= 0.3 is 0 Å². The second-order valence-corrected chi connectivity index (χ2v) is 11.2. The summed E-state index contributed by atoms with van der Waals surface area (Å²) in [5.74, 6) is 1.19. The lowest BCUT2D eigenvalue weighted by atomic mass is 10.1. The van der Waals surface area contributed by atoms with Gasteiger partial charge in [0, 0.05) is 11.1 Å². The van der Waals surface area contributed by atoms with Crippen LogP contribution in [0.15, 0.2) is 103 Å². The van der Waals surface area contributed by atoms with E-state index >= 15 is 0 Å². The summed E-state index contributed by atoms with van der Waals surface area (Å²) in [6.07, 6.45) is -4.72. The summed E-state index contributed by atoms with van der Waals surface area (Å²) >= 11 is 0. The van der Waals surface area contributed by atoms with Crippen molar-refractivity contribution in [1.82, 2.24) is 24.5 Å². The van der Waals surface area contributed by atoms with Crippen molar-refractivity contribution in [1.29, 1.82) is 0 Å². The van der Waals surface area contributed by atoms with Crippen molar-refractivity contribution in [2.45, 2.75) is 37.7 Å². The lowest BCUT2D eigenvalue weighted by Crippen LogP contribution is -2.34. The van der Waals surface area contributed by atoms with E-state index < -0.39 is 30.4 Å². The molecule has 1 aliphatic heterocycles. The van der Waals surface area contributed by atoms with E-state index in [1.165, 1.54) is 4.68 Å². The standard InChI is InChI=1S/C35H32N6O6/c1-45-24-15-11-22(12-16-24)30-29(33(36)44)38-39-41(30)35-32(43)31(42)28(47-35)19-40-27-10-6-5-9-26(27)37-34(40)23-13-17-25(18-14-23)46-20-21-7-3-2-4-8-21/h2-18,28,31-32,35,42-43H,19-20H2,1H3,(H2,36,44)/t28-,31-,32-,35-/m1/s1. The second-order valence-electron chi connectivity index (χ2n) is 11.2. The summed E-state index contributed by atoms with van der Waals surface area (Å²) in [6, 6.07) is 32.1. The summed E-state index contributed by atoms with van der Waals surface area (Å²) in [5.41, 5.74) is 9.84. The minimum absolute atomic E-state index is 0.0945. The van der Waals surface area contributed by atoms with Gasteiger partial charge in [-0.25, -0.2) is 9.67 Å². The Bertz CT molecular complexity index is 2010. The molecule has 0 unspecified atom stereocenters. The van der Waals surface area contributed by atoms with Crippen LogP contribution in [0.1, 0.15) is 22.3 Å². The molecule has 0 radical (unpaired) electrons. The Morgan fingerprint density at radius 1 is 0.872 bits per heavy atom. The van der Waals surface area contributed by atoms with Gasteiger partial charge in [0.25, 0.3) is 5.91 Å². The highest BCUT2D eigenvalue weighted by molar-refractivity contribution is 5.96. The predicted molar refractivity (Wildman–Crippen MR) is 172 cm³/mol. The first-order valence-electron chi connectivity index (χ1n) is 15.0. The third-order valence-corrected chi connectivity index (χ3v) is 8.25. The number of amides is 1. The largest absolute Gasteiger partial charge is 0.497 e. The number of aromatic nitrogens is 5. The summed E-state index contributed by atoms with van der Waals surface area (Å²) in [7, 11) is 1.55. The molecule has 0 bridgehead atoms. The van der Waals surface area contributed by atoms with E-state index in [1.807, 2.05) is 83.4 Å². The Balaban J connectivity index is 1.18. The number of methoxy groups -OCH3 is 1. The number of fused-ring (bicyclic) bond motifs is 1. The minimum atomic E-state index is -1.39. The molecular weight excluding hydrogens is 600 g/mol. The zero-order valence-corrected chi connectivity index (χ0v) is 25.4. The number of rotatable bonds is 10. The topological polar surface area (TPSA) is 160 Å². The average Bonchev–Trinajstić information content (AvgIpc) is 3.79. The number of aliphatic hydroxyl groups is 2. The van der Waals surface area contributed by atoms with Crippen LogP contribution in [0.3, 0.4) is 0 Å². The Labute approximate surface area is 269 Å². The Kier molecular flexibility index (Phi) is 8.12. The SMILES string of the molecule is COc1ccc(-c2c(C(N)=O)nnn2[C@@H]2O[C@H](Cn3c(-c4ccc(OCc5ccccc5)cc4)nc4ccccc43)[C@@H](O)[C@H]2O)cc1.